The average molecular weight is 393 g/mol. The van der Waals surface area contributed by atoms with Crippen LogP contribution in [0, 0.1) is 17.2 Å². The number of ether oxygens (including phenoxy) is 2. The van der Waals surface area contributed by atoms with E-state index in [1.165, 1.54) is 0 Å². The summed E-state index contributed by atoms with van der Waals surface area (Å²) in [5, 5.41) is 20.2. The number of aromatic hydroxyl groups is 1. The van der Waals surface area contributed by atoms with Crippen LogP contribution in [0.4, 0.5) is 5.69 Å². The fourth-order valence-corrected chi connectivity index (χ4v) is 4.35. The first-order chi connectivity index (χ1) is 14.0. The summed E-state index contributed by atoms with van der Waals surface area (Å²) in [6.45, 7) is 5.23. The fourth-order valence-electron chi connectivity index (χ4n) is 4.35. The minimum Gasteiger partial charge on any atom is -0.506 e. The van der Waals surface area contributed by atoms with Crippen molar-refractivity contribution < 1.29 is 14.6 Å². The third-order valence-electron chi connectivity index (χ3n) is 5.99. The number of fused-ring (bicyclic) bond motifs is 1. The Balaban J connectivity index is 1.60. The SMILES string of the molecule is COC1CCCN1c1ccc(C2OCc3c2cnc(C(C#N)C(C)C)c3O)cc1. The number of nitrogens with zero attached hydrogens (tertiary/aromatic N) is 3. The van der Waals surface area contributed by atoms with Crippen LogP contribution in [0.15, 0.2) is 30.5 Å². The van der Waals surface area contributed by atoms with Crippen molar-refractivity contribution in [1.82, 2.24) is 4.98 Å². The van der Waals surface area contributed by atoms with Crippen LogP contribution in [-0.4, -0.2) is 30.0 Å². The lowest BCUT2D eigenvalue weighted by atomic mass is 9.90. The van der Waals surface area contributed by atoms with Gasteiger partial charge in [0.2, 0.25) is 0 Å². The van der Waals surface area contributed by atoms with Crippen molar-refractivity contribution in [2.75, 3.05) is 18.6 Å². The maximum absolute atomic E-state index is 10.8. The van der Waals surface area contributed by atoms with Gasteiger partial charge in [-0.2, -0.15) is 5.26 Å². The summed E-state index contributed by atoms with van der Waals surface area (Å²) < 4.78 is 11.6. The van der Waals surface area contributed by atoms with Gasteiger partial charge in [0.25, 0.3) is 0 Å². The first-order valence-electron chi connectivity index (χ1n) is 10.2. The summed E-state index contributed by atoms with van der Waals surface area (Å²) in [6, 6.07) is 10.6. The highest BCUT2D eigenvalue weighted by Gasteiger charge is 2.32. The third kappa shape index (κ3) is 3.45. The van der Waals surface area contributed by atoms with E-state index in [0.717, 1.165) is 41.8 Å². The van der Waals surface area contributed by atoms with Gasteiger partial charge in [-0.25, -0.2) is 0 Å². The summed E-state index contributed by atoms with van der Waals surface area (Å²) >= 11 is 0. The van der Waals surface area contributed by atoms with Gasteiger partial charge < -0.3 is 19.5 Å². The molecular weight excluding hydrogens is 366 g/mol. The van der Waals surface area contributed by atoms with E-state index in [9.17, 15) is 10.4 Å². The van der Waals surface area contributed by atoms with Gasteiger partial charge in [0, 0.05) is 36.7 Å². The minimum absolute atomic E-state index is 0.0728. The first-order valence-corrected chi connectivity index (χ1v) is 10.2. The van der Waals surface area contributed by atoms with Crippen LogP contribution in [0.1, 0.15) is 61.1 Å². The van der Waals surface area contributed by atoms with Gasteiger partial charge in [0.1, 0.15) is 18.1 Å². The second-order valence-electron chi connectivity index (χ2n) is 8.09. The molecule has 3 atom stereocenters. The van der Waals surface area contributed by atoms with Gasteiger partial charge in [0.15, 0.2) is 0 Å². The Hall–Kier alpha value is -2.62. The largest absolute Gasteiger partial charge is 0.506 e. The normalized spacial score (nSPS) is 22.0. The molecule has 2 aromatic rings. The van der Waals surface area contributed by atoms with Gasteiger partial charge >= 0.3 is 0 Å². The predicted molar refractivity (Wildman–Crippen MR) is 110 cm³/mol. The molecule has 0 spiro atoms. The van der Waals surface area contributed by atoms with Crippen molar-refractivity contribution in [1.29, 1.82) is 5.26 Å². The topological polar surface area (TPSA) is 78.6 Å². The van der Waals surface area contributed by atoms with Crippen LogP contribution in [0.5, 0.6) is 5.75 Å². The van der Waals surface area contributed by atoms with E-state index >= 15 is 0 Å². The Morgan fingerprint density at radius 1 is 1.31 bits per heavy atom. The highest BCUT2D eigenvalue weighted by Crippen LogP contribution is 2.43. The number of anilines is 1. The second kappa shape index (κ2) is 8.02. The molecule has 1 aromatic carbocycles. The average Bonchev–Trinajstić information content (AvgIpc) is 3.37. The lowest BCUT2D eigenvalue weighted by Crippen LogP contribution is -2.30. The summed E-state index contributed by atoms with van der Waals surface area (Å²) in [5.74, 6) is -0.265. The predicted octanol–water partition coefficient (Wildman–Crippen LogP) is 4.24. The molecule has 6 heteroatoms. The van der Waals surface area contributed by atoms with Gasteiger partial charge in [-0.15, -0.1) is 0 Å². The molecule has 2 aliphatic heterocycles. The smallest absolute Gasteiger partial charge is 0.144 e. The van der Waals surface area contributed by atoms with Crippen molar-refractivity contribution in [3.05, 3.63) is 52.8 Å². The number of pyridine rings is 1. The van der Waals surface area contributed by atoms with E-state index in [-0.39, 0.29) is 24.0 Å². The summed E-state index contributed by atoms with van der Waals surface area (Å²) in [5.41, 5.74) is 4.22. The molecular formula is C23H27N3O3. The van der Waals surface area contributed by atoms with Crippen LogP contribution in [0.25, 0.3) is 0 Å². The Kier molecular flexibility index (Phi) is 5.44. The van der Waals surface area contributed by atoms with Gasteiger partial charge in [0.05, 0.1) is 24.3 Å². The van der Waals surface area contributed by atoms with Crippen LogP contribution in [0.2, 0.25) is 0 Å². The molecule has 0 amide bonds. The molecule has 3 heterocycles. The molecule has 1 aromatic heterocycles. The third-order valence-corrected chi connectivity index (χ3v) is 5.99. The Labute approximate surface area is 171 Å². The van der Waals surface area contributed by atoms with Crippen molar-refractivity contribution >= 4 is 5.69 Å². The van der Waals surface area contributed by atoms with Crippen molar-refractivity contribution in [2.45, 2.75) is 51.5 Å². The number of hydrogen-bond acceptors (Lipinski definition) is 6. The van der Waals surface area contributed by atoms with Gasteiger partial charge in [-0.1, -0.05) is 26.0 Å². The van der Waals surface area contributed by atoms with Crippen LogP contribution in [-0.2, 0) is 16.1 Å². The highest BCUT2D eigenvalue weighted by molar-refractivity contribution is 5.52. The zero-order valence-corrected chi connectivity index (χ0v) is 17.1. The monoisotopic (exact) mass is 393 g/mol. The molecule has 1 fully saturated rings. The van der Waals surface area contributed by atoms with E-state index in [4.69, 9.17) is 9.47 Å². The Bertz CT molecular complexity index is 920. The molecule has 0 aliphatic carbocycles. The lowest BCUT2D eigenvalue weighted by Gasteiger charge is -2.26. The molecule has 2 aliphatic rings. The fraction of sp³-hybridized carbons (Fsp3) is 0.478. The molecule has 1 N–H and O–H groups in total. The van der Waals surface area contributed by atoms with E-state index < -0.39 is 5.92 Å². The van der Waals surface area contributed by atoms with E-state index in [1.54, 1.807) is 13.3 Å². The second-order valence-corrected chi connectivity index (χ2v) is 8.09. The zero-order chi connectivity index (χ0) is 20.5. The number of rotatable bonds is 5. The minimum atomic E-state index is -0.437. The van der Waals surface area contributed by atoms with Gasteiger partial charge in [-0.3, -0.25) is 4.98 Å². The Morgan fingerprint density at radius 2 is 2.07 bits per heavy atom. The standard InChI is InChI=1S/C23H27N3O3/c1-14(2)17(11-24)21-22(27)19-13-29-23(18(19)12-25-21)15-6-8-16(9-7-15)26-10-4-5-20(26)28-3/h6-9,12,14,17,20,23,27H,4-5,10,13H2,1-3H3. The summed E-state index contributed by atoms with van der Waals surface area (Å²) in [7, 11) is 1.75. The molecule has 0 saturated carbocycles. The van der Waals surface area contributed by atoms with Crippen molar-refractivity contribution in [2.24, 2.45) is 5.92 Å². The van der Waals surface area contributed by atoms with E-state index in [2.05, 4.69) is 40.2 Å². The number of methoxy groups -OCH3 is 1. The van der Waals surface area contributed by atoms with E-state index in [0.29, 0.717) is 12.3 Å². The molecule has 4 rings (SSSR count). The Morgan fingerprint density at radius 3 is 2.72 bits per heavy atom. The molecule has 0 bridgehead atoms. The van der Waals surface area contributed by atoms with Crippen LogP contribution >= 0.6 is 0 Å². The summed E-state index contributed by atoms with van der Waals surface area (Å²) in [6.07, 6.45) is 3.81. The van der Waals surface area contributed by atoms with Crippen molar-refractivity contribution in [3.63, 3.8) is 0 Å². The van der Waals surface area contributed by atoms with Crippen LogP contribution < -0.4 is 4.90 Å². The lowest BCUT2D eigenvalue weighted by molar-refractivity contribution is 0.0932. The van der Waals surface area contributed by atoms with Crippen molar-refractivity contribution in [3.8, 4) is 11.8 Å². The molecule has 3 unspecified atom stereocenters. The molecule has 0 radical (unpaired) electrons. The van der Waals surface area contributed by atoms with Gasteiger partial charge in [-0.05, 0) is 36.5 Å². The molecule has 1 saturated heterocycles. The number of hydrogen-bond donors (Lipinski definition) is 1. The van der Waals surface area contributed by atoms with E-state index in [1.807, 2.05) is 13.8 Å². The highest BCUT2D eigenvalue weighted by atomic mass is 16.5. The molecule has 152 valence electrons. The molecule has 29 heavy (non-hydrogen) atoms. The first kappa shape index (κ1) is 19.7. The quantitative estimate of drug-likeness (QED) is 0.818. The van der Waals surface area contributed by atoms with Crippen LogP contribution in [0.3, 0.4) is 0 Å². The number of nitriles is 1. The maximum Gasteiger partial charge on any atom is 0.144 e. The maximum atomic E-state index is 10.8. The summed E-state index contributed by atoms with van der Waals surface area (Å²) in [4.78, 5) is 6.72. The number of benzene rings is 1. The zero-order valence-electron chi connectivity index (χ0n) is 17.1. The molecule has 6 nitrogen and oxygen atoms in total. The number of aromatic nitrogens is 1.